The zero-order valence-electron chi connectivity index (χ0n) is 3.96. The van der Waals surface area contributed by atoms with Crippen LogP contribution in [0, 0.1) is 4.91 Å². The second-order valence-electron chi connectivity index (χ2n) is 0.836. The summed E-state index contributed by atoms with van der Waals surface area (Å²) in [5.41, 5.74) is 1.65. The largest absolute Gasteiger partial charge is 0.278 e. The molecule has 5 heteroatoms. The predicted octanol–water partition coefficient (Wildman–Crippen LogP) is -0.0984. The first-order valence-electron chi connectivity index (χ1n) is 1.72. The van der Waals surface area contributed by atoms with Crippen LogP contribution in [0.15, 0.2) is 18.0 Å². The molecule has 0 rings (SSSR count). The van der Waals surface area contributed by atoms with Crippen molar-refractivity contribution in [2.24, 2.45) is 5.34 Å². The topological polar surface area (TPSA) is 67.8 Å². The Kier molecular flexibility index (Phi) is 3.13. The quantitative estimate of drug-likeness (QED) is 0.318. The third-order valence-corrected chi connectivity index (χ3v) is 0.369. The maximum absolute atomic E-state index is 10.0. The van der Waals surface area contributed by atoms with E-state index in [0.717, 1.165) is 6.08 Å². The molecule has 0 aromatic rings. The van der Waals surface area contributed by atoms with E-state index in [9.17, 15) is 4.79 Å². The molecule has 0 atom stereocenters. The summed E-state index contributed by atoms with van der Waals surface area (Å²) in [6.07, 6.45) is 0.950. The number of hydroxylamine groups is 1. The standard InChI is InChI=1S/C3H4N2O3/c1-2-3(6)4-8-5-7/h2H,1H2,(H,4,6). The Labute approximate surface area is 45.2 Å². The second-order valence-corrected chi connectivity index (χ2v) is 0.836. The molecule has 0 heterocycles. The molecule has 0 aromatic heterocycles. The Bertz CT molecular complexity index is 111. The molecule has 0 aliphatic rings. The molecule has 5 nitrogen and oxygen atoms in total. The fourth-order valence-electron chi connectivity index (χ4n) is 0.105. The number of hydrogen-bond donors (Lipinski definition) is 1. The smallest absolute Gasteiger partial charge is 0.267 e. The molecule has 0 aliphatic carbocycles. The molecule has 0 unspecified atom stereocenters. The van der Waals surface area contributed by atoms with Crippen LogP contribution in [-0.4, -0.2) is 5.91 Å². The number of carbonyl (C=O) groups is 1. The lowest BCUT2D eigenvalue weighted by atomic mass is 10.6. The number of rotatable bonds is 3. The molecule has 0 bridgehead atoms. The summed E-state index contributed by atoms with van der Waals surface area (Å²) in [5.74, 6) is -0.607. The molecular formula is C3H4N2O3. The first kappa shape index (κ1) is 6.61. The summed E-state index contributed by atoms with van der Waals surface area (Å²) in [7, 11) is 0. The highest BCUT2D eigenvalue weighted by Crippen LogP contribution is 1.67. The van der Waals surface area contributed by atoms with Gasteiger partial charge in [-0.25, -0.2) is 4.94 Å². The van der Waals surface area contributed by atoms with Crippen molar-refractivity contribution in [1.29, 1.82) is 0 Å². The molecule has 0 saturated carbocycles. The summed E-state index contributed by atoms with van der Waals surface area (Å²) < 4.78 is 0. The number of nitrogens with one attached hydrogen (secondary N) is 1. The highest BCUT2D eigenvalue weighted by Gasteiger charge is 1.88. The van der Waals surface area contributed by atoms with Gasteiger partial charge in [-0.05, 0) is 6.08 Å². The molecule has 0 aromatic carbocycles. The first-order chi connectivity index (χ1) is 3.81. The van der Waals surface area contributed by atoms with Gasteiger partial charge >= 0.3 is 0 Å². The Balaban J connectivity index is 3.24. The van der Waals surface area contributed by atoms with Crippen molar-refractivity contribution in [2.45, 2.75) is 0 Å². The maximum Gasteiger partial charge on any atom is 0.278 e. The van der Waals surface area contributed by atoms with Crippen LogP contribution >= 0.6 is 0 Å². The van der Waals surface area contributed by atoms with Gasteiger partial charge < -0.3 is 0 Å². The summed E-state index contributed by atoms with van der Waals surface area (Å²) in [6.45, 7) is 3.08. The van der Waals surface area contributed by atoms with E-state index in [1.807, 2.05) is 5.34 Å². The third-order valence-electron chi connectivity index (χ3n) is 0.369. The molecule has 0 radical (unpaired) electrons. The lowest BCUT2D eigenvalue weighted by Crippen LogP contribution is -2.17. The summed E-state index contributed by atoms with van der Waals surface area (Å²) >= 11 is 0. The zero-order chi connectivity index (χ0) is 6.41. The first-order valence-corrected chi connectivity index (χ1v) is 1.72. The third kappa shape index (κ3) is 2.83. The Morgan fingerprint density at radius 1 is 1.88 bits per heavy atom. The Hall–Kier alpha value is -1.39. The zero-order valence-corrected chi connectivity index (χ0v) is 3.96. The van der Waals surface area contributed by atoms with Gasteiger partial charge in [0.25, 0.3) is 5.91 Å². The minimum atomic E-state index is -0.607. The average molecular weight is 116 g/mol. The van der Waals surface area contributed by atoms with Gasteiger partial charge in [-0.2, -0.15) is 5.48 Å². The lowest BCUT2D eigenvalue weighted by molar-refractivity contribution is -0.128. The summed E-state index contributed by atoms with van der Waals surface area (Å²) in [4.78, 5) is 22.7. The van der Waals surface area contributed by atoms with Crippen molar-refractivity contribution in [3.05, 3.63) is 17.6 Å². The van der Waals surface area contributed by atoms with Crippen LogP contribution in [0.2, 0.25) is 0 Å². The Morgan fingerprint density at radius 2 is 2.50 bits per heavy atom. The van der Waals surface area contributed by atoms with Crippen LogP contribution in [0.4, 0.5) is 0 Å². The van der Waals surface area contributed by atoms with Gasteiger partial charge in [-0.1, -0.05) is 6.58 Å². The highest BCUT2D eigenvalue weighted by atomic mass is 16.8. The van der Waals surface area contributed by atoms with E-state index in [-0.39, 0.29) is 0 Å². The molecule has 44 valence electrons. The van der Waals surface area contributed by atoms with Gasteiger partial charge in [-0.15, -0.1) is 4.91 Å². The van der Waals surface area contributed by atoms with Crippen molar-refractivity contribution in [1.82, 2.24) is 5.48 Å². The van der Waals surface area contributed by atoms with Gasteiger partial charge in [0.15, 0.2) is 5.34 Å². The molecule has 0 fully saturated rings. The SMILES string of the molecule is C=CC(=O)NON=O. The van der Waals surface area contributed by atoms with Gasteiger partial charge in [-0.3, -0.25) is 4.79 Å². The van der Waals surface area contributed by atoms with Crippen molar-refractivity contribution in [3.8, 4) is 0 Å². The molecule has 1 amide bonds. The minimum absolute atomic E-state index is 0.607. The van der Waals surface area contributed by atoms with Crippen LogP contribution in [-0.2, 0) is 9.73 Å². The molecular weight excluding hydrogens is 112 g/mol. The molecule has 0 aliphatic heterocycles. The number of hydrogen-bond acceptors (Lipinski definition) is 4. The minimum Gasteiger partial charge on any atom is -0.267 e. The fraction of sp³-hybridized carbons (Fsp3) is 0. The van der Waals surface area contributed by atoms with Crippen molar-refractivity contribution < 1.29 is 9.73 Å². The molecule has 1 N–H and O–H groups in total. The van der Waals surface area contributed by atoms with Crippen LogP contribution in [0.25, 0.3) is 0 Å². The number of nitrogens with zero attached hydrogens (tertiary/aromatic N) is 1. The van der Waals surface area contributed by atoms with Gasteiger partial charge in [0.1, 0.15) is 0 Å². The fourth-order valence-corrected chi connectivity index (χ4v) is 0.105. The second kappa shape index (κ2) is 3.79. The van der Waals surface area contributed by atoms with Gasteiger partial charge in [0.2, 0.25) is 0 Å². The van der Waals surface area contributed by atoms with Crippen molar-refractivity contribution >= 4 is 5.91 Å². The molecule has 0 spiro atoms. The normalized spacial score (nSPS) is 7.00. The summed E-state index contributed by atoms with van der Waals surface area (Å²) in [6, 6.07) is 0. The average Bonchev–Trinajstić information content (AvgIpc) is 1.83. The number of amides is 1. The van der Waals surface area contributed by atoms with Crippen LogP contribution in [0.3, 0.4) is 0 Å². The van der Waals surface area contributed by atoms with Crippen molar-refractivity contribution in [2.75, 3.05) is 0 Å². The monoisotopic (exact) mass is 116 g/mol. The van der Waals surface area contributed by atoms with E-state index in [1.54, 1.807) is 5.48 Å². The van der Waals surface area contributed by atoms with Gasteiger partial charge in [0.05, 0.1) is 0 Å². The van der Waals surface area contributed by atoms with Crippen LogP contribution < -0.4 is 5.48 Å². The molecule has 8 heavy (non-hydrogen) atoms. The lowest BCUT2D eigenvalue weighted by Gasteiger charge is -1.88. The van der Waals surface area contributed by atoms with Crippen LogP contribution in [0.1, 0.15) is 0 Å². The van der Waals surface area contributed by atoms with E-state index in [4.69, 9.17) is 4.91 Å². The predicted molar refractivity (Wildman–Crippen MR) is 25.2 cm³/mol. The summed E-state index contributed by atoms with van der Waals surface area (Å²) in [5, 5.41) is 1.89. The van der Waals surface area contributed by atoms with Crippen LogP contribution in [0.5, 0.6) is 0 Å². The van der Waals surface area contributed by atoms with E-state index in [0.29, 0.717) is 0 Å². The Morgan fingerprint density at radius 3 is 2.88 bits per heavy atom. The van der Waals surface area contributed by atoms with E-state index >= 15 is 0 Å². The number of carbonyl (C=O) groups excluding carboxylic acids is 1. The van der Waals surface area contributed by atoms with Gasteiger partial charge in [0, 0.05) is 0 Å². The van der Waals surface area contributed by atoms with Crippen molar-refractivity contribution in [3.63, 3.8) is 0 Å². The highest BCUT2D eigenvalue weighted by molar-refractivity contribution is 5.85. The van der Waals surface area contributed by atoms with E-state index in [1.165, 1.54) is 0 Å². The van der Waals surface area contributed by atoms with E-state index < -0.39 is 5.91 Å². The van der Waals surface area contributed by atoms with E-state index in [2.05, 4.69) is 11.5 Å². The molecule has 0 saturated heterocycles. The maximum atomic E-state index is 10.0.